The zero-order chi connectivity index (χ0) is 23.1. The molecule has 1 aliphatic rings. The summed E-state index contributed by atoms with van der Waals surface area (Å²) < 4.78 is 43.4. The maximum atomic E-state index is 12.8. The first-order chi connectivity index (χ1) is 15.3. The molecule has 1 N–H and O–H groups in total. The van der Waals surface area contributed by atoms with E-state index < -0.39 is 11.7 Å². The molecule has 1 atom stereocenters. The van der Waals surface area contributed by atoms with Crippen molar-refractivity contribution in [3.63, 3.8) is 0 Å². The number of rotatable bonds is 7. The molecule has 0 unspecified atom stereocenters. The van der Waals surface area contributed by atoms with Gasteiger partial charge in [0.05, 0.1) is 11.5 Å². The summed E-state index contributed by atoms with van der Waals surface area (Å²) in [6.45, 7) is 3.53. The van der Waals surface area contributed by atoms with Crippen molar-refractivity contribution in [2.75, 3.05) is 26.3 Å². The summed E-state index contributed by atoms with van der Waals surface area (Å²) in [7, 11) is 0. The van der Waals surface area contributed by atoms with E-state index >= 15 is 0 Å². The van der Waals surface area contributed by atoms with Gasteiger partial charge >= 0.3 is 6.18 Å². The molecular weight excluding hydrogens is 423 g/mol. The van der Waals surface area contributed by atoms with Gasteiger partial charge in [0.15, 0.2) is 0 Å². The second-order valence-corrected chi connectivity index (χ2v) is 7.69. The molecule has 172 valence electrons. The molecule has 1 fully saturated rings. The van der Waals surface area contributed by atoms with Crippen LogP contribution in [0, 0.1) is 5.92 Å². The van der Waals surface area contributed by atoms with Crippen molar-refractivity contribution in [2.45, 2.75) is 32.5 Å². The molecule has 6 nitrogen and oxygen atoms in total. The first-order valence-corrected chi connectivity index (χ1v) is 10.5. The lowest BCUT2D eigenvalue weighted by Crippen LogP contribution is -2.46. The molecule has 1 aromatic heterocycles. The number of piperidine rings is 1. The van der Waals surface area contributed by atoms with Crippen molar-refractivity contribution < 1.29 is 27.5 Å². The minimum absolute atomic E-state index is 0.0211. The summed E-state index contributed by atoms with van der Waals surface area (Å²) >= 11 is 0. The molecule has 32 heavy (non-hydrogen) atoms. The zero-order valence-corrected chi connectivity index (χ0v) is 17.8. The normalized spacial score (nSPS) is 16.6. The van der Waals surface area contributed by atoms with Crippen molar-refractivity contribution in [1.82, 2.24) is 15.2 Å². The lowest BCUT2D eigenvalue weighted by molar-refractivity contribution is -0.140. The Kier molecular flexibility index (Phi) is 7.84. The van der Waals surface area contributed by atoms with Crippen LogP contribution in [0.3, 0.4) is 0 Å². The number of hydrogen-bond donors (Lipinski definition) is 1. The number of alkyl halides is 3. The number of ether oxygens (including phenoxy) is 1. The highest BCUT2D eigenvalue weighted by atomic mass is 19.4. The van der Waals surface area contributed by atoms with Gasteiger partial charge in [-0.05, 0) is 49.1 Å². The van der Waals surface area contributed by atoms with Gasteiger partial charge in [-0.1, -0.05) is 12.1 Å². The Morgan fingerprint density at radius 1 is 1.19 bits per heavy atom. The van der Waals surface area contributed by atoms with Crippen molar-refractivity contribution in [3.8, 4) is 11.1 Å². The largest absolute Gasteiger partial charge is 0.416 e. The summed E-state index contributed by atoms with van der Waals surface area (Å²) in [6, 6.07) is 6.65. The second kappa shape index (κ2) is 10.6. The number of benzene rings is 1. The molecule has 0 radical (unpaired) electrons. The molecule has 1 aromatic carbocycles. The fraction of sp³-hybridized carbons (Fsp3) is 0.435. The molecule has 0 bridgehead atoms. The summed E-state index contributed by atoms with van der Waals surface area (Å²) in [6.07, 6.45) is 0.240. The Labute approximate surface area is 184 Å². The van der Waals surface area contributed by atoms with Gasteiger partial charge in [0.25, 0.3) is 0 Å². The van der Waals surface area contributed by atoms with E-state index in [9.17, 15) is 22.8 Å². The predicted octanol–water partition coefficient (Wildman–Crippen LogP) is 3.66. The Balaban J connectivity index is 1.58. The predicted molar refractivity (Wildman–Crippen MR) is 112 cm³/mol. The fourth-order valence-corrected chi connectivity index (χ4v) is 3.63. The molecule has 2 amide bonds. The van der Waals surface area contributed by atoms with E-state index in [2.05, 4.69) is 10.3 Å². The molecule has 0 spiro atoms. The third-order valence-corrected chi connectivity index (χ3v) is 5.38. The van der Waals surface area contributed by atoms with Gasteiger partial charge in [-0.15, -0.1) is 0 Å². The van der Waals surface area contributed by atoms with Gasteiger partial charge < -0.3 is 15.0 Å². The van der Waals surface area contributed by atoms with E-state index in [-0.39, 0.29) is 30.9 Å². The van der Waals surface area contributed by atoms with Crippen molar-refractivity contribution in [2.24, 2.45) is 5.92 Å². The molecule has 1 aliphatic heterocycles. The Morgan fingerprint density at radius 2 is 1.94 bits per heavy atom. The van der Waals surface area contributed by atoms with E-state index in [1.54, 1.807) is 23.4 Å². The van der Waals surface area contributed by atoms with Crippen LogP contribution in [0.5, 0.6) is 0 Å². The molecule has 0 saturated carbocycles. The molecule has 2 heterocycles. The zero-order valence-electron chi connectivity index (χ0n) is 17.8. The van der Waals surface area contributed by atoms with Crippen LogP contribution < -0.4 is 5.32 Å². The van der Waals surface area contributed by atoms with Crippen LogP contribution in [0.25, 0.3) is 11.1 Å². The standard InChI is InChI=1S/C23H26F3N3O3/c1-2-32-15-21(30)29-9-3-4-18(14-29)22(31)28-12-16-10-19(13-27-11-16)17-5-7-20(8-6-17)23(24,25)26/h5-8,10-11,13,18H,2-4,9,12,14-15H2,1H3,(H,28,31)/t18-/m0/s1. The highest BCUT2D eigenvalue weighted by Crippen LogP contribution is 2.31. The monoisotopic (exact) mass is 449 g/mol. The van der Waals surface area contributed by atoms with Gasteiger partial charge in [-0.25, -0.2) is 0 Å². The first-order valence-electron chi connectivity index (χ1n) is 10.5. The van der Waals surface area contributed by atoms with E-state index in [0.29, 0.717) is 37.2 Å². The SMILES string of the molecule is CCOCC(=O)N1CCC[C@H](C(=O)NCc2cncc(-c3ccc(C(F)(F)F)cc3)c2)C1. The maximum absolute atomic E-state index is 12.8. The number of carbonyl (C=O) groups is 2. The summed E-state index contributed by atoms with van der Waals surface area (Å²) in [5.41, 5.74) is 1.29. The number of amides is 2. The fourth-order valence-electron chi connectivity index (χ4n) is 3.63. The highest BCUT2D eigenvalue weighted by Gasteiger charge is 2.30. The Morgan fingerprint density at radius 3 is 2.62 bits per heavy atom. The summed E-state index contributed by atoms with van der Waals surface area (Å²) in [5, 5.41) is 2.88. The number of carbonyl (C=O) groups excluding carboxylic acids is 2. The molecule has 0 aliphatic carbocycles. The summed E-state index contributed by atoms with van der Waals surface area (Å²) in [5.74, 6) is -0.544. The number of likely N-dealkylation sites (tertiary alicyclic amines) is 1. The second-order valence-electron chi connectivity index (χ2n) is 7.69. The van der Waals surface area contributed by atoms with Gasteiger partial charge in [-0.2, -0.15) is 13.2 Å². The van der Waals surface area contributed by atoms with Crippen LogP contribution in [-0.4, -0.2) is 48.0 Å². The first kappa shape index (κ1) is 23.7. The van der Waals surface area contributed by atoms with Crippen LogP contribution in [0.1, 0.15) is 30.9 Å². The molecule has 1 saturated heterocycles. The van der Waals surface area contributed by atoms with Crippen LogP contribution in [0.2, 0.25) is 0 Å². The van der Waals surface area contributed by atoms with Crippen LogP contribution >= 0.6 is 0 Å². The van der Waals surface area contributed by atoms with E-state index in [1.165, 1.54) is 12.1 Å². The third-order valence-electron chi connectivity index (χ3n) is 5.38. The lowest BCUT2D eigenvalue weighted by Gasteiger charge is -2.32. The number of nitrogens with zero attached hydrogens (tertiary/aromatic N) is 2. The number of halogens is 3. The van der Waals surface area contributed by atoms with Crippen LogP contribution in [-0.2, 0) is 27.0 Å². The third kappa shape index (κ3) is 6.29. The van der Waals surface area contributed by atoms with E-state index in [0.717, 1.165) is 24.1 Å². The molecule has 3 rings (SSSR count). The smallest absolute Gasteiger partial charge is 0.372 e. The van der Waals surface area contributed by atoms with Gasteiger partial charge in [0.2, 0.25) is 11.8 Å². The van der Waals surface area contributed by atoms with Gasteiger partial charge in [0, 0.05) is 44.2 Å². The lowest BCUT2D eigenvalue weighted by atomic mass is 9.97. The number of aromatic nitrogens is 1. The van der Waals surface area contributed by atoms with Crippen LogP contribution in [0.15, 0.2) is 42.7 Å². The topological polar surface area (TPSA) is 71.5 Å². The molecule has 9 heteroatoms. The minimum atomic E-state index is -4.38. The van der Waals surface area contributed by atoms with Crippen molar-refractivity contribution in [3.05, 3.63) is 53.9 Å². The minimum Gasteiger partial charge on any atom is -0.372 e. The van der Waals surface area contributed by atoms with E-state index in [4.69, 9.17) is 4.74 Å². The number of pyridine rings is 1. The Hall–Kier alpha value is -2.94. The number of hydrogen-bond acceptors (Lipinski definition) is 4. The van der Waals surface area contributed by atoms with Crippen molar-refractivity contribution in [1.29, 1.82) is 0 Å². The Bertz CT molecular complexity index is 932. The highest BCUT2D eigenvalue weighted by molar-refractivity contribution is 5.81. The van der Waals surface area contributed by atoms with Crippen molar-refractivity contribution >= 4 is 11.8 Å². The van der Waals surface area contributed by atoms with Gasteiger partial charge in [0.1, 0.15) is 6.61 Å². The quantitative estimate of drug-likeness (QED) is 0.701. The van der Waals surface area contributed by atoms with E-state index in [1.807, 2.05) is 6.92 Å². The maximum Gasteiger partial charge on any atom is 0.416 e. The molecule has 2 aromatic rings. The summed E-state index contributed by atoms with van der Waals surface area (Å²) in [4.78, 5) is 30.6. The van der Waals surface area contributed by atoms with Gasteiger partial charge in [-0.3, -0.25) is 14.6 Å². The number of nitrogens with one attached hydrogen (secondary N) is 1. The van der Waals surface area contributed by atoms with Crippen LogP contribution in [0.4, 0.5) is 13.2 Å². The molecular formula is C23H26F3N3O3. The average Bonchev–Trinajstić information content (AvgIpc) is 2.80. The average molecular weight is 449 g/mol.